The van der Waals surface area contributed by atoms with Gasteiger partial charge in [-0.3, -0.25) is 14.5 Å². The number of rotatable bonds is 4. The van der Waals surface area contributed by atoms with Crippen molar-refractivity contribution in [1.29, 1.82) is 5.26 Å². The van der Waals surface area contributed by atoms with Crippen molar-refractivity contribution in [1.82, 2.24) is 19.1 Å². The molecule has 3 aromatic heterocycles. The number of aromatic nitrogens is 4. The van der Waals surface area contributed by atoms with Crippen molar-refractivity contribution in [2.75, 3.05) is 14.2 Å². The number of ether oxygens (including phenoxy) is 2. The van der Waals surface area contributed by atoms with Crippen molar-refractivity contribution in [2.45, 2.75) is 0 Å². The van der Waals surface area contributed by atoms with Gasteiger partial charge in [0.2, 0.25) is 11.8 Å². The third-order valence-electron chi connectivity index (χ3n) is 5.68. The molecule has 0 unspecified atom stereocenters. The summed E-state index contributed by atoms with van der Waals surface area (Å²) in [5, 5.41) is 10.4. The lowest BCUT2D eigenvalue weighted by atomic mass is 10.0. The van der Waals surface area contributed by atoms with E-state index in [4.69, 9.17) is 9.47 Å². The number of fused-ring (bicyclic) bond motifs is 3. The number of nitrogens with zero attached hydrogens (tertiary/aromatic N) is 6. The number of hydrogen-bond donors (Lipinski definition) is 0. The number of methoxy groups -OCH3 is 2. The van der Waals surface area contributed by atoms with Crippen LogP contribution < -0.4 is 15.1 Å². The van der Waals surface area contributed by atoms with Gasteiger partial charge < -0.3 is 14.0 Å². The van der Waals surface area contributed by atoms with Crippen molar-refractivity contribution in [3.8, 4) is 34.5 Å². The van der Waals surface area contributed by atoms with Crippen molar-refractivity contribution < 1.29 is 9.47 Å². The molecule has 0 amide bonds. The Morgan fingerprint density at radius 3 is 2.61 bits per heavy atom. The van der Waals surface area contributed by atoms with E-state index < -0.39 is 0 Å². The molecule has 0 atom stereocenters. The van der Waals surface area contributed by atoms with Gasteiger partial charge in [0.05, 0.1) is 42.7 Å². The zero-order valence-electron chi connectivity index (χ0n) is 18.4. The van der Waals surface area contributed by atoms with Crippen molar-refractivity contribution in [3.63, 3.8) is 0 Å². The van der Waals surface area contributed by atoms with E-state index >= 15 is 0 Å². The summed E-state index contributed by atoms with van der Waals surface area (Å²) in [6.07, 6.45) is 7.31. The van der Waals surface area contributed by atoms with Crippen LogP contribution in [0.4, 0.5) is 0 Å². The quantitative estimate of drug-likeness (QED) is 0.398. The average molecular weight is 436 g/mol. The molecule has 0 saturated heterocycles. The molecular weight excluding hydrogens is 416 g/mol. The smallest absolute Gasteiger partial charge is 0.226 e. The fraction of sp³-hybridized carbons (Fsp3) is 0.120. The molecule has 0 spiro atoms. The van der Waals surface area contributed by atoms with Gasteiger partial charge in [0.25, 0.3) is 0 Å². The summed E-state index contributed by atoms with van der Waals surface area (Å²) in [5.41, 5.74) is 5.73. The van der Waals surface area contributed by atoms with Crippen LogP contribution in [0, 0.1) is 11.5 Å². The second-order valence-corrected chi connectivity index (χ2v) is 7.41. The summed E-state index contributed by atoms with van der Waals surface area (Å²) >= 11 is 0. The summed E-state index contributed by atoms with van der Waals surface area (Å²) in [4.78, 5) is 13.0. The van der Waals surface area contributed by atoms with E-state index in [1.807, 2.05) is 71.0 Å². The number of aryl methyl sites for hydroxylation is 1. The molecule has 0 saturated carbocycles. The van der Waals surface area contributed by atoms with Gasteiger partial charge in [0.1, 0.15) is 11.5 Å². The first kappa shape index (κ1) is 20.3. The van der Waals surface area contributed by atoms with Gasteiger partial charge in [-0.25, -0.2) is 0 Å². The Morgan fingerprint density at radius 1 is 1.00 bits per heavy atom. The van der Waals surface area contributed by atoms with E-state index in [-0.39, 0.29) is 0 Å². The highest BCUT2D eigenvalue weighted by Crippen LogP contribution is 2.33. The molecule has 162 valence electrons. The maximum atomic E-state index is 9.44. The minimum absolute atomic E-state index is 0.456. The fourth-order valence-electron chi connectivity index (χ4n) is 4.09. The highest BCUT2D eigenvalue weighted by Gasteiger charge is 2.19. The molecule has 0 N–H and O–H groups in total. The molecular formula is C25H20N6O2. The average Bonchev–Trinajstić information content (AvgIpc) is 3.15. The topological polar surface area (TPSA) is 90.2 Å². The highest BCUT2D eigenvalue weighted by molar-refractivity contribution is 6.04. The van der Waals surface area contributed by atoms with Crippen molar-refractivity contribution in [3.05, 3.63) is 72.7 Å². The Kier molecular flexibility index (Phi) is 4.99. The Bertz CT molecular complexity index is 1610. The number of benzene rings is 2. The molecule has 0 radical (unpaired) electrons. The Balaban J connectivity index is 1.94. The molecule has 5 rings (SSSR count). The van der Waals surface area contributed by atoms with E-state index in [0.717, 1.165) is 38.8 Å². The minimum Gasteiger partial charge on any atom is -0.497 e. The predicted octanol–water partition coefficient (Wildman–Crippen LogP) is 3.98. The van der Waals surface area contributed by atoms with Crippen LogP contribution in [0.5, 0.6) is 11.5 Å². The van der Waals surface area contributed by atoms with Crippen LogP contribution in [0.25, 0.3) is 38.8 Å². The van der Waals surface area contributed by atoms with Crippen LogP contribution in [0.15, 0.2) is 72.1 Å². The lowest BCUT2D eigenvalue weighted by Gasteiger charge is -2.13. The molecule has 0 fully saturated rings. The maximum absolute atomic E-state index is 9.44. The zero-order valence-corrected chi connectivity index (χ0v) is 18.4. The Labute approximate surface area is 189 Å². The fourth-order valence-corrected chi connectivity index (χ4v) is 4.09. The largest absolute Gasteiger partial charge is 0.497 e. The molecule has 0 aliphatic carbocycles. The standard InChI is InChI=1S/C25H20N6O2/c1-30-22-14-28-20-8-6-16(17-5-4-10-27-13-17)11-19(20)24(22)31(25(30)29-15-26)21-9-7-18(32-2)12-23(21)33-3/h4-14H,1-3H3/b29-25-. The molecule has 2 aromatic carbocycles. The van der Waals surface area contributed by atoms with Crippen LogP contribution in [0.2, 0.25) is 0 Å². The molecule has 0 bridgehead atoms. The first-order chi connectivity index (χ1) is 16.2. The number of pyridine rings is 2. The van der Waals surface area contributed by atoms with Crippen molar-refractivity contribution >= 4 is 21.9 Å². The van der Waals surface area contributed by atoms with Crippen LogP contribution in [0.3, 0.4) is 0 Å². The number of hydrogen-bond acceptors (Lipinski definition) is 6. The third kappa shape index (κ3) is 3.27. The SMILES string of the molecule is COc1ccc(-n2/c(=N\C#N)n(C)c3cnc4ccc(-c5cccnc5)cc4c32)c(OC)c1. The predicted molar refractivity (Wildman–Crippen MR) is 125 cm³/mol. The van der Waals surface area contributed by atoms with Crippen LogP contribution in [-0.2, 0) is 7.05 Å². The monoisotopic (exact) mass is 436 g/mol. The van der Waals surface area contributed by atoms with Gasteiger partial charge in [-0.15, -0.1) is 4.99 Å². The van der Waals surface area contributed by atoms with Crippen molar-refractivity contribution in [2.24, 2.45) is 12.0 Å². The van der Waals surface area contributed by atoms with Gasteiger partial charge in [-0.1, -0.05) is 12.1 Å². The van der Waals surface area contributed by atoms with Crippen LogP contribution in [0.1, 0.15) is 0 Å². The van der Waals surface area contributed by atoms with Gasteiger partial charge >= 0.3 is 0 Å². The highest BCUT2D eigenvalue weighted by atomic mass is 16.5. The molecule has 8 nitrogen and oxygen atoms in total. The Hall–Kier alpha value is -4.64. The van der Waals surface area contributed by atoms with E-state index in [9.17, 15) is 5.26 Å². The first-order valence-electron chi connectivity index (χ1n) is 10.2. The van der Waals surface area contributed by atoms with Crippen LogP contribution >= 0.6 is 0 Å². The van der Waals surface area contributed by atoms with E-state index in [2.05, 4.69) is 21.0 Å². The summed E-state index contributed by atoms with van der Waals surface area (Å²) in [7, 11) is 5.07. The number of nitriles is 1. The molecule has 0 aliphatic heterocycles. The van der Waals surface area contributed by atoms with E-state index in [0.29, 0.717) is 17.1 Å². The Morgan fingerprint density at radius 2 is 1.88 bits per heavy atom. The first-order valence-corrected chi connectivity index (χ1v) is 10.2. The number of imidazole rings is 1. The summed E-state index contributed by atoms with van der Waals surface area (Å²) in [6.45, 7) is 0. The lowest BCUT2D eigenvalue weighted by Crippen LogP contribution is -2.23. The van der Waals surface area contributed by atoms with E-state index in [1.165, 1.54) is 0 Å². The van der Waals surface area contributed by atoms with Gasteiger partial charge in [0.15, 0.2) is 0 Å². The third-order valence-corrected chi connectivity index (χ3v) is 5.68. The summed E-state index contributed by atoms with van der Waals surface area (Å²) < 4.78 is 14.8. The van der Waals surface area contributed by atoms with E-state index in [1.54, 1.807) is 26.6 Å². The normalized spacial score (nSPS) is 11.6. The minimum atomic E-state index is 0.456. The lowest BCUT2D eigenvalue weighted by molar-refractivity contribution is 0.393. The summed E-state index contributed by atoms with van der Waals surface area (Å²) in [5.74, 6) is 1.26. The zero-order chi connectivity index (χ0) is 22.9. The second-order valence-electron chi connectivity index (χ2n) is 7.41. The van der Waals surface area contributed by atoms with Gasteiger partial charge in [-0.2, -0.15) is 5.26 Å². The molecule has 3 heterocycles. The van der Waals surface area contributed by atoms with Gasteiger partial charge in [0, 0.05) is 36.5 Å². The molecule has 5 aromatic rings. The molecule has 33 heavy (non-hydrogen) atoms. The molecule has 0 aliphatic rings. The second kappa shape index (κ2) is 8.13. The van der Waals surface area contributed by atoms with Crippen LogP contribution in [-0.4, -0.2) is 33.3 Å². The summed E-state index contributed by atoms with van der Waals surface area (Å²) in [6, 6.07) is 15.6. The molecule has 8 heteroatoms. The van der Waals surface area contributed by atoms with Gasteiger partial charge in [-0.05, 0) is 35.9 Å². The maximum Gasteiger partial charge on any atom is 0.226 e.